The molecule has 16 heavy (non-hydrogen) atoms. The van der Waals surface area contributed by atoms with Crippen molar-refractivity contribution in [3.63, 3.8) is 0 Å². The number of nitro groups is 1. The van der Waals surface area contributed by atoms with Gasteiger partial charge in [0.25, 0.3) is 5.69 Å². The average Bonchev–Trinajstić information content (AvgIpc) is 2.27. The van der Waals surface area contributed by atoms with E-state index in [0.29, 0.717) is 28.5 Å². The van der Waals surface area contributed by atoms with Crippen molar-refractivity contribution in [1.82, 2.24) is 0 Å². The van der Waals surface area contributed by atoms with Gasteiger partial charge in [-0.15, -0.1) is 0 Å². The summed E-state index contributed by atoms with van der Waals surface area (Å²) in [5, 5.41) is 10.6. The molecule has 88 valence electrons. The molecular weight excluding hydrogens is 294 g/mol. The van der Waals surface area contributed by atoms with Crippen LogP contribution in [0.4, 0.5) is 5.69 Å². The Hall–Kier alpha value is -0.750. The molecule has 6 heteroatoms. The van der Waals surface area contributed by atoms with Gasteiger partial charge >= 0.3 is 0 Å². The van der Waals surface area contributed by atoms with Crippen LogP contribution in [0.25, 0.3) is 0 Å². The predicted molar refractivity (Wildman–Crippen MR) is 69.3 cm³/mol. The van der Waals surface area contributed by atoms with E-state index >= 15 is 0 Å². The number of hydrogen-bond donors (Lipinski definition) is 1. The zero-order valence-electron chi connectivity index (χ0n) is 8.72. The second-order valence-corrected chi connectivity index (χ2v) is 4.69. The molecule has 1 aromatic carbocycles. The number of halogens is 1. The lowest BCUT2D eigenvalue weighted by Crippen LogP contribution is -2.10. The quantitative estimate of drug-likeness (QED) is 0.516. The van der Waals surface area contributed by atoms with Gasteiger partial charge in [0, 0.05) is 6.07 Å². The van der Waals surface area contributed by atoms with Gasteiger partial charge < -0.3 is 4.74 Å². The van der Waals surface area contributed by atoms with Crippen LogP contribution >= 0.6 is 28.6 Å². The molecule has 0 spiro atoms. The summed E-state index contributed by atoms with van der Waals surface area (Å²) in [6.45, 7) is 2.49. The van der Waals surface area contributed by atoms with Gasteiger partial charge in [0.1, 0.15) is 5.75 Å². The fourth-order valence-electron chi connectivity index (χ4n) is 1.00. The van der Waals surface area contributed by atoms with E-state index in [2.05, 4.69) is 28.6 Å². The minimum atomic E-state index is -0.443. The molecule has 0 radical (unpaired) electrons. The fourth-order valence-corrected chi connectivity index (χ4v) is 1.47. The van der Waals surface area contributed by atoms with Gasteiger partial charge in [0.15, 0.2) is 0 Å². The van der Waals surface area contributed by atoms with Crippen LogP contribution < -0.4 is 4.74 Å². The third-order valence-corrected chi connectivity index (χ3v) is 3.24. The monoisotopic (exact) mass is 305 g/mol. The van der Waals surface area contributed by atoms with Crippen LogP contribution in [0, 0.1) is 16.0 Å². The molecule has 0 heterocycles. The normalized spacial score (nSPS) is 12.2. The molecular formula is C10H12BrNO3S. The second-order valence-electron chi connectivity index (χ2n) is 3.47. The molecule has 0 bridgehead atoms. The third kappa shape index (κ3) is 3.68. The predicted octanol–water partition coefficient (Wildman–Crippen LogP) is 3.30. The Morgan fingerprint density at radius 1 is 1.62 bits per heavy atom. The highest BCUT2D eigenvalue weighted by Crippen LogP contribution is 2.29. The zero-order valence-corrected chi connectivity index (χ0v) is 11.2. The highest BCUT2D eigenvalue weighted by Gasteiger charge is 2.11. The summed E-state index contributed by atoms with van der Waals surface area (Å²) in [6.07, 6.45) is 0. The fraction of sp³-hybridized carbons (Fsp3) is 0.400. The van der Waals surface area contributed by atoms with E-state index in [0.717, 1.165) is 0 Å². The topological polar surface area (TPSA) is 52.4 Å². The van der Waals surface area contributed by atoms with Gasteiger partial charge in [-0.1, -0.05) is 6.92 Å². The van der Waals surface area contributed by atoms with Crippen molar-refractivity contribution in [2.45, 2.75) is 6.92 Å². The summed E-state index contributed by atoms with van der Waals surface area (Å²) in [6, 6.07) is 4.45. The Morgan fingerprint density at radius 2 is 2.31 bits per heavy atom. The number of thiol groups is 1. The molecule has 0 aromatic heterocycles. The van der Waals surface area contributed by atoms with E-state index in [1.807, 2.05) is 6.92 Å². The third-order valence-electron chi connectivity index (χ3n) is 1.96. The van der Waals surface area contributed by atoms with E-state index < -0.39 is 4.92 Å². The van der Waals surface area contributed by atoms with Crippen LogP contribution in [0.2, 0.25) is 0 Å². The van der Waals surface area contributed by atoms with Gasteiger partial charge in [0.05, 0.1) is 22.1 Å². The summed E-state index contributed by atoms with van der Waals surface area (Å²) in [7, 11) is 0. The van der Waals surface area contributed by atoms with Gasteiger partial charge in [-0.05, 0) is 33.7 Å². The van der Waals surface area contributed by atoms with Gasteiger partial charge in [0.2, 0.25) is 0 Å². The van der Waals surface area contributed by atoms with E-state index in [1.165, 1.54) is 12.1 Å². The van der Waals surface area contributed by atoms with Crippen molar-refractivity contribution in [2.75, 3.05) is 12.4 Å². The number of ether oxygens (including phenoxy) is 1. The molecule has 1 aromatic rings. The minimum Gasteiger partial charge on any atom is -0.492 e. The van der Waals surface area contributed by atoms with Crippen LogP contribution in [-0.2, 0) is 0 Å². The average molecular weight is 306 g/mol. The Morgan fingerprint density at radius 3 is 2.88 bits per heavy atom. The van der Waals surface area contributed by atoms with E-state index in [-0.39, 0.29) is 5.69 Å². The Balaban J connectivity index is 2.78. The first kappa shape index (κ1) is 13.3. The number of benzene rings is 1. The highest BCUT2D eigenvalue weighted by atomic mass is 79.9. The Labute approximate surface area is 108 Å². The number of nitrogens with zero attached hydrogens (tertiary/aromatic N) is 1. The van der Waals surface area contributed by atoms with Crippen LogP contribution in [-0.4, -0.2) is 17.3 Å². The Bertz CT molecular complexity index is 386. The molecule has 0 N–H and O–H groups in total. The van der Waals surface area contributed by atoms with Crippen LogP contribution in [0.15, 0.2) is 22.7 Å². The molecule has 0 aliphatic heterocycles. The van der Waals surface area contributed by atoms with E-state index in [4.69, 9.17) is 4.74 Å². The largest absolute Gasteiger partial charge is 0.492 e. The van der Waals surface area contributed by atoms with Crippen LogP contribution in [0.5, 0.6) is 5.75 Å². The summed E-state index contributed by atoms with van der Waals surface area (Å²) in [5.74, 6) is 1.50. The number of rotatable bonds is 5. The number of non-ortho nitro benzene ring substituents is 1. The molecule has 0 saturated heterocycles. The van der Waals surface area contributed by atoms with Crippen molar-refractivity contribution < 1.29 is 9.66 Å². The van der Waals surface area contributed by atoms with Crippen molar-refractivity contribution in [2.24, 2.45) is 5.92 Å². The first-order chi connectivity index (χ1) is 7.54. The summed E-state index contributed by atoms with van der Waals surface area (Å²) < 4.78 is 6.19. The maximum absolute atomic E-state index is 10.6. The smallest absolute Gasteiger partial charge is 0.273 e. The van der Waals surface area contributed by atoms with Crippen molar-refractivity contribution in [3.05, 3.63) is 32.8 Å². The first-order valence-electron chi connectivity index (χ1n) is 4.72. The van der Waals surface area contributed by atoms with Crippen molar-refractivity contribution in [1.29, 1.82) is 0 Å². The lowest BCUT2D eigenvalue weighted by molar-refractivity contribution is -0.385. The van der Waals surface area contributed by atoms with E-state index in [9.17, 15) is 10.1 Å². The van der Waals surface area contributed by atoms with Crippen LogP contribution in [0.1, 0.15) is 6.92 Å². The standard InChI is InChI=1S/C10H12BrNO3S/c1-7(6-16)5-15-10-4-8(12(13)14)2-3-9(10)11/h2-4,7,16H,5-6H2,1H3. The molecule has 0 saturated carbocycles. The lowest BCUT2D eigenvalue weighted by Gasteiger charge is -2.11. The minimum absolute atomic E-state index is 0.0247. The second kappa shape index (κ2) is 6.10. The summed E-state index contributed by atoms with van der Waals surface area (Å²) >= 11 is 7.43. The molecule has 0 amide bonds. The molecule has 0 aliphatic carbocycles. The molecule has 4 nitrogen and oxygen atoms in total. The maximum atomic E-state index is 10.6. The molecule has 1 unspecified atom stereocenters. The number of hydrogen-bond acceptors (Lipinski definition) is 4. The van der Waals surface area contributed by atoms with Crippen molar-refractivity contribution >= 4 is 34.2 Å². The summed E-state index contributed by atoms with van der Waals surface area (Å²) in [5.41, 5.74) is 0.0247. The first-order valence-corrected chi connectivity index (χ1v) is 6.14. The van der Waals surface area contributed by atoms with Gasteiger partial charge in [-0.2, -0.15) is 12.6 Å². The SMILES string of the molecule is CC(CS)COc1cc([N+](=O)[O-])ccc1Br. The molecule has 1 atom stereocenters. The van der Waals surface area contributed by atoms with Gasteiger partial charge in [-0.3, -0.25) is 10.1 Å². The number of nitro benzene ring substituents is 1. The Kier molecular flexibility index (Phi) is 5.08. The van der Waals surface area contributed by atoms with Gasteiger partial charge in [-0.25, -0.2) is 0 Å². The van der Waals surface area contributed by atoms with E-state index in [1.54, 1.807) is 6.07 Å². The molecule has 0 aliphatic rings. The molecule has 0 fully saturated rings. The summed E-state index contributed by atoms with van der Waals surface area (Å²) in [4.78, 5) is 10.1. The van der Waals surface area contributed by atoms with Crippen molar-refractivity contribution in [3.8, 4) is 5.75 Å². The molecule has 1 rings (SSSR count). The zero-order chi connectivity index (χ0) is 12.1. The van der Waals surface area contributed by atoms with Crippen LogP contribution in [0.3, 0.4) is 0 Å². The highest BCUT2D eigenvalue weighted by molar-refractivity contribution is 9.10. The maximum Gasteiger partial charge on any atom is 0.273 e. The lowest BCUT2D eigenvalue weighted by atomic mass is 10.2.